The maximum absolute atomic E-state index is 5.55. The lowest BCUT2D eigenvalue weighted by Crippen LogP contribution is -2.36. The molecule has 0 bridgehead atoms. The number of rotatable bonds is 5. The molecule has 1 rings (SSSR count). The molecule has 5 heteroatoms. The number of nitrogens with zero attached hydrogens (tertiary/aromatic N) is 2. The Hall–Kier alpha value is -0.680. The predicted molar refractivity (Wildman–Crippen MR) is 55.9 cm³/mol. The van der Waals surface area contributed by atoms with Crippen LogP contribution in [-0.4, -0.2) is 22.3 Å². The van der Waals surface area contributed by atoms with Gasteiger partial charge in [-0.3, -0.25) is 0 Å². The second-order valence-electron chi connectivity index (χ2n) is 3.32. The highest BCUT2D eigenvalue weighted by Crippen LogP contribution is 2.21. The second-order valence-corrected chi connectivity index (χ2v) is 4.15. The van der Waals surface area contributed by atoms with E-state index in [-0.39, 0.29) is 5.54 Å². The fraction of sp³-hybridized carbons (Fsp3) is 0.750. The first-order chi connectivity index (χ1) is 6.20. The summed E-state index contributed by atoms with van der Waals surface area (Å²) in [4.78, 5) is 0. The molecule has 0 saturated carbocycles. The number of nitrogens with two attached hydrogens (primary N) is 1. The third-order valence-corrected chi connectivity index (χ3v) is 2.85. The summed E-state index contributed by atoms with van der Waals surface area (Å²) in [5.41, 5.74) is 7.32. The quantitative estimate of drug-likeness (QED) is 0.755. The molecule has 1 heterocycles. The fourth-order valence-corrected chi connectivity index (χ4v) is 1.73. The highest BCUT2D eigenvalue weighted by Gasteiger charge is 2.21. The minimum Gasteiger partial charge on any atom is -0.355 e. The van der Waals surface area contributed by atoms with Gasteiger partial charge in [0.05, 0.1) is 0 Å². The zero-order chi connectivity index (χ0) is 9.73. The average Bonchev–Trinajstić information content (AvgIpc) is 2.57. The molecule has 13 heavy (non-hydrogen) atoms. The first-order valence-electron chi connectivity index (χ1n) is 4.44. The summed E-state index contributed by atoms with van der Waals surface area (Å²) in [5, 5.41) is 11.9. The van der Waals surface area contributed by atoms with Crippen molar-refractivity contribution in [1.82, 2.24) is 10.2 Å². The lowest BCUT2D eigenvalue weighted by atomic mass is 9.95. The summed E-state index contributed by atoms with van der Waals surface area (Å²) in [6.45, 7) is 4.99. The van der Waals surface area contributed by atoms with Crippen LogP contribution in [0.15, 0.2) is 5.51 Å². The topological polar surface area (TPSA) is 63.8 Å². The molecule has 4 nitrogen and oxygen atoms in total. The molecule has 0 aromatic carbocycles. The molecule has 1 aromatic heterocycles. The second kappa shape index (κ2) is 4.53. The van der Waals surface area contributed by atoms with E-state index in [0.717, 1.165) is 18.0 Å². The molecule has 0 spiro atoms. The molecular weight excluding hydrogens is 184 g/mol. The summed E-state index contributed by atoms with van der Waals surface area (Å²) >= 11 is 1.52. The summed E-state index contributed by atoms with van der Waals surface area (Å²) in [7, 11) is 0. The number of hydrogen-bond donors (Lipinski definition) is 2. The lowest BCUT2D eigenvalue weighted by molar-refractivity contribution is 0.463. The van der Waals surface area contributed by atoms with Gasteiger partial charge in [-0.2, -0.15) is 0 Å². The van der Waals surface area contributed by atoms with Crippen molar-refractivity contribution in [2.24, 2.45) is 5.73 Å². The van der Waals surface area contributed by atoms with E-state index in [4.69, 9.17) is 5.73 Å². The van der Waals surface area contributed by atoms with E-state index in [0.29, 0.717) is 6.54 Å². The van der Waals surface area contributed by atoms with E-state index in [9.17, 15) is 0 Å². The Morgan fingerprint density at radius 3 is 2.92 bits per heavy atom. The molecule has 0 radical (unpaired) electrons. The van der Waals surface area contributed by atoms with Crippen LogP contribution in [0.25, 0.3) is 0 Å². The van der Waals surface area contributed by atoms with Crippen LogP contribution in [0.1, 0.15) is 26.7 Å². The highest BCUT2D eigenvalue weighted by molar-refractivity contribution is 7.13. The van der Waals surface area contributed by atoms with Gasteiger partial charge in [0, 0.05) is 5.54 Å². The zero-order valence-corrected chi connectivity index (χ0v) is 8.90. The van der Waals surface area contributed by atoms with Gasteiger partial charge in [0.15, 0.2) is 0 Å². The third kappa shape index (κ3) is 2.93. The molecular formula is C8H16N4S. The summed E-state index contributed by atoms with van der Waals surface area (Å²) in [6, 6.07) is 0. The number of nitrogens with one attached hydrogen (secondary N) is 1. The van der Waals surface area contributed by atoms with Gasteiger partial charge in [-0.25, -0.2) is 0 Å². The van der Waals surface area contributed by atoms with Crippen molar-refractivity contribution in [3.05, 3.63) is 5.51 Å². The predicted octanol–water partition coefficient (Wildman–Crippen LogP) is 1.47. The lowest BCUT2D eigenvalue weighted by Gasteiger charge is -2.28. The van der Waals surface area contributed by atoms with Gasteiger partial charge < -0.3 is 11.1 Å². The van der Waals surface area contributed by atoms with Gasteiger partial charge in [0.25, 0.3) is 0 Å². The van der Waals surface area contributed by atoms with Crippen LogP contribution in [0.3, 0.4) is 0 Å². The smallest absolute Gasteiger partial charge is 0.205 e. The van der Waals surface area contributed by atoms with Gasteiger partial charge in [0.1, 0.15) is 5.51 Å². The Bertz CT molecular complexity index is 236. The Labute approximate surface area is 82.6 Å². The largest absolute Gasteiger partial charge is 0.355 e. The highest BCUT2D eigenvalue weighted by atomic mass is 32.1. The Balaban J connectivity index is 2.58. The van der Waals surface area contributed by atoms with E-state index in [1.165, 1.54) is 11.3 Å². The van der Waals surface area contributed by atoms with Gasteiger partial charge in [-0.1, -0.05) is 18.3 Å². The van der Waals surface area contributed by atoms with Gasteiger partial charge in [0.2, 0.25) is 5.13 Å². The van der Waals surface area contributed by atoms with Crippen molar-refractivity contribution in [3.8, 4) is 0 Å². The van der Waals surface area contributed by atoms with E-state index in [2.05, 4.69) is 29.4 Å². The fourth-order valence-electron chi connectivity index (χ4n) is 1.13. The first kappa shape index (κ1) is 10.4. The third-order valence-electron chi connectivity index (χ3n) is 2.25. The zero-order valence-electron chi connectivity index (χ0n) is 8.08. The van der Waals surface area contributed by atoms with Crippen LogP contribution in [0, 0.1) is 0 Å². The Morgan fingerprint density at radius 1 is 1.69 bits per heavy atom. The van der Waals surface area contributed by atoms with Crippen molar-refractivity contribution >= 4 is 16.5 Å². The summed E-state index contributed by atoms with van der Waals surface area (Å²) < 4.78 is 0. The molecule has 1 atom stereocenters. The van der Waals surface area contributed by atoms with Crippen molar-refractivity contribution in [1.29, 1.82) is 0 Å². The van der Waals surface area contributed by atoms with Crippen molar-refractivity contribution in [2.75, 3.05) is 11.9 Å². The Kier molecular flexibility index (Phi) is 3.62. The molecule has 0 fully saturated rings. The summed E-state index contributed by atoms with van der Waals surface area (Å²) in [5.74, 6) is 0. The van der Waals surface area contributed by atoms with Crippen LogP contribution >= 0.6 is 11.3 Å². The van der Waals surface area contributed by atoms with Crippen LogP contribution in [0.4, 0.5) is 5.13 Å². The maximum Gasteiger partial charge on any atom is 0.205 e. The van der Waals surface area contributed by atoms with Crippen molar-refractivity contribution in [2.45, 2.75) is 32.2 Å². The molecule has 0 aliphatic carbocycles. The minimum atomic E-state index is 0.0499. The van der Waals surface area contributed by atoms with Gasteiger partial charge in [-0.15, -0.1) is 10.2 Å². The molecule has 0 saturated heterocycles. The minimum absolute atomic E-state index is 0.0499. The van der Waals surface area contributed by atoms with Crippen LogP contribution in [0.5, 0.6) is 0 Å². The van der Waals surface area contributed by atoms with E-state index in [1.807, 2.05) is 0 Å². The summed E-state index contributed by atoms with van der Waals surface area (Å²) in [6.07, 6.45) is 1.98. The van der Waals surface area contributed by atoms with Crippen LogP contribution in [-0.2, 0) is 0 Å². The molecule has 0 amide bonds. The van der Waals surface area contributed by atoms with E-state index < -0.39 is 0 Å². The molecule has 3 N–H and O–H groups in total. The molecule has 1 unspecified atom stereocenters. The van der Waals surface area contributed by atoms with Crippen molar-refractivity contribution < 1.29 is 0 Å². The molecule has 1 aromatic rings. The number of aromatic nitrogens is 2. The van der Waals surface area contributed by atoms with E-state index in [1.54, 1.807) is 5.51 Å². The normalized spacial score (nSPS) is 15.3. The number of anilines is 1. The van der Waals surface area contributed by atoms with E-state index >= 15 is 0 Å². The average molecular weight is 200 g/mol. The molecule has 0 aliphatic rings. The molecule has 0 aliphatic heterocycles. The van der Waals surface area contributed by atoms with Crippen molar-refractivity contribution in [3.63, 3.8) is 0 Å². The Morgan fingerprint density at radius 2 is 2.46 bits per heavy atom. The number of hydrogen-bond acceptors (Lipinski definition) is 5. The standard InChI is InChI=1S/C8H16N4S/c1-3-8(2,4-5-9)11-7-12-10-6-13-7/h6H,3-5,9H2,1-2H3,(H,11,12). The van der Waals surface area contributed by atoms with Gasteiger partial charge >= 0.3 is 0 Å². The SMILES string of the molecule is CCC(C)(CCN)Nc1nncs1. The first-order valence-corrected chi connectivity index (χ1v) is 5.32. The van der Waals surface area contributed by atoms with Crippen LogP contribution < -0.4 is 11.1 Å². The monoisotopic (exact) mass is 200 g/mol. The maximum atomic E-state index is 5.55. The van der Waals surface area contributed by atoms with Gasteiger partial charge in [-0.05, 0) is 26.3 Å². The van der Waals surface area contributed by atoms with Crippen LogP contribution in [0.2, 0.25) is 0 Å². The molecule has 74 valence electrons.